The topological polar surface area (TPSA) is 57.3 Å². The number of aromatic amines is 1. The van der Waals surface area contributed by atoms with E-state index in [-0.39, 0.29) is 0 Å². The van der Waals surface area contributed by atoms with Gasteiger partial charge in [0.1, 0.15) is 0 Å². The number of rotatable bonds is 5. The van der Waals surface area contributed by atoms with Crippen LogP contribution < -0.4 is 16.0 Å². The highest BCUT2D eigenvalue weighted by molar-refractivity contribution is 6.49. The van der Waals surface area contributed by atoms with Gasteiger partial charge in [0.25, 0.3) is 0 Å². The van der Waals surface area contributed by atoms with E-state index in [4.69, 9.17) is 131 Å². The normalized spacial score (nSPS) is 15.3. The molecular formula is C55H27Cl10N5. The number of nitrogens with zero attached hydrogens (tertiary/aromatic N) is 4. The quantitative estimate of drug-likeness (QED) is 0.179. The number of benzene rings is 5. The van der Waals surface area contributed by atoms with Gasteiger partial charge in [-0.2, -0.15) is 0 Å². The van der Waals surface area contributed by atoms with Crippen LogP contribution in [0, 0.1) is 0 Å². The molecule has 0 atom stereocenters. The predicted octanol–water partition coefficient (Wildman–Crippen LogP) is 16.6. The van der Waals surface area contributed by atoms with Crippen LogP contribution in [-0.4, -0.2) is 26.5 Å². The van der Waals surface area contributed by atoms with Crippen LogP contribution in [0.1, 0.15) is 40.8 Å². The number of H-pyrrole nitrogens is 1. The molecule has 0 aliphatic carbocycles. The van der Waals surface area contributed by atoms with Crippen LogP contribution in [0.2, 0.25) is 50.2 Å². The molecule has 0 fully saturated rings. The van der Waals surface area contributed by atoms with Crippen molar-refractivity contribution in [1.82, 2.24) is 9.38 Å². The van der Waals surface area contributed by atoms with E-state index in [2.05, 4.69) is 9.38 Å². The van der Waals surface area contributed by atoms with Crippen LogP contribution in [0.4, 0.5) is 5.69 Å². The molecule has 0 saturated carbocycles. The minimum absolute atomic E-state index is 0.391. The average molecular weight is 1110 g/mol. The van der Waals surface area contributed by atoms with Crippen molar-refractivity contribution in [2.75, 3.05) is 0 Å². The minimum atomic E-state index is 0.391. The molecule has 70 heavy (non-hydrogen) atoms. The number of hydrogen-bond acceptors (Lipinski definition) is 3. The molecule has 1 N–H and O–H groups in total. The molecule has 4 aliphatic heterocycles. The van der Waals surface area contributed by atoms with Gasteiger partial charge in [-0.15, -0.1) is 0 Å². The number of fused-ring (bicyclic) bond motifs is 5. The molecule has 7 heterocycles. The van der Waals surface area contributed by atoms with Crippen LogP contribution in [0.15, 0.2) is 154 Å². The largest absolute Gasteiger partial charge is 0.354 e. The van der Waals surface area contributed by atoms with Crippen LogP contribution in [0.5, 0.6) is 0 Å². The highest BCUT2D eigenvalue weighted by Crippen LogP contribution is 2.48. The summed E-state index contributed by atoms with van der Waals surface area (Å²) < 4.78 is 2.13. The van der Waals surface area contributed by atoms with Crippen LogP contribution >= 0.6 is 116 Å². The Balaban J connectivity index is 1.30. The second-order valence-electron chi connectivity index (χ2n) is 16.7. The van der Waals surface area contributed by atoms with Gasteiger partial charge in [-0.05, 0) is 116 Å². The molecule has 0 radical (unpaired) electrons. The van der Waals surface area contributed by atoms with Crippen LogP contribution in [-0.2, 0) is 0 Å². The fourth-order valence-electron chi connectivity index (χ4n) is 9.87. The first kappa shape index (κ1) is 46.1. The molecule has 3 aromatic heterocycles. The maximum absolute atomic E-state index is 7.23. The van der Waals surface area contributed by atoms with E-state index in [0.29, 0.717) is 152 Å². The van der Waals surface area contributed by atoms with Crippen molar-refractivity contribution in [3.63, 3.8) is 0 Å². The van der Waals surface area contributed by atoms with E-state index in [0.717, 1.165) is 28.0 Å². The van der Waals surface area contributed by atoms with E-state index in [1.807, 2.05) is 97.1 Å². The molecule has 5 aromatic carbocycles. The fourth-order valence-corrected chi connectivity index (χ4v) is 12.8. The van der Waals surface area contributed by atoms with Gasteiger partial charge in [0, 0.05) is 66.4 Å². The summed E-state index contributed by atoms with van der Waals surface area (Å²) in [7, 11) is 0. The third-order valence-corrected chi connectivity index (χ3v) is 15.9. The Morgan fingerprint density at radius 1 is 0.400 bits per heavy atom. The molecule has 4 aliphatic rings. The first-order valence-electron chi connectivity index (χ1n) is 21.6. The summed E-state index contributed by atoms with van der Waals surface area (Å²) in [5, 5.41) is 6.29. The van der Waals surface area contributed by atoms with Crippen molar-refractivity contribution in [2.45, 2.75) is 12.8 Å². The predicted molar refractivity (Wildman–Crippen MR) is 297 cm³/mol. The molecule has 15 heteroatoms. The summed E-state index contributed by atoms with van der Waals surface area (Å²) in [6.07, 6.45) is 6.81. The molecule has 0 spiro atoms. The van der Waals surface area contributed by atoms with Gasteiger partial charge >= 0.3 is 0 Å². The molecule has 0 amide bonds. The molecule has 342 valence electrons. The number of aromatic nitrogens is 2. The molecule has 8 bridgehead atoms. The summed E-state index contributed by atoms with van der Waals surface area (Å²) in [6, 6.07) is 35.1. The second-order valence-corrected chi connectivity index (χ2v) is 20.8. The summed E-state index contributed by atoms with van der Waals surface area (Å²) in [5.41, 5.74) is 11.4. The average Bonchev–Trinajstić information content (AvgIpc) is 4.19. The van der Waals surface area contributed by atoms with Gasteiger partial charge < -0.3 is 9.38 Å². The third-order valence-electron chi connectivity index (χ3n) is 12.8. The van der Waals surface area contributed by atoms with Crippen molar-refractivity contribution >= 4 is 173 Å². The SMILES string of the molecule is Clc1cccc(Cl)c1C1=C2C=CC(=N2)C(c2c(Cl)cccc2Cl)=c2ccc([nH]2)=C(c2c(Cl)cccc2Cl)C2=NC(=C(c3c(Cl)cccc3Cl)c3ccc4c(-c5c(Cl)cccc5Cl)c5c(n34)=CC1=N5)CC2. The maximum Gasteiger partial charge on any atom is 0.0978 e. The highest BCUT2D eigenvalue weighted by atomic mass is 35.5. The lowest BCUT2D eigenvalue weighted by molar-refractivity contribution is 1.06. The molecule has 5 nitrogen and oxygen atoms in total. The van der Waals surface area contributed by atoms with Crippen molar-refractivity contribution in [2.24, 2.45) is 15.0 Å². The number of hydrogen-bond donors (Lipinski definition) is 1. The van der Waals surface area contributed by atoms with Gasteiger partial charge in [-0.3, -0.25) is 4.99 Å². The lowest BCUT2D eigenvalue weighted by Gasteiger charge is -2.15. The van der Waals surface area contributed by atoms with Gasteiger partial charge in [0.05, 0.1) is 101 Å². The monoisotopic (exact) mass is 1110 g/mol. The number of aliphatic imine (C=N–C) groups is 3. The van der Waals surface area contributed by atoms with Gasteiger partial charge in [-0.1, -0.05) is 146 Å². The van der Waals surface area contributed by atoms with Gasteiger partial charge in [0.2, 0.25) is 0 Å². The third kappa shape index (κ3) is 7.39. The summed E-state index contributed by atoms with van der Waals surface area (Å²) in [4.78, 5) is 20.1. The van der Waals surface area contributed by atoms with Gasteiger partial charge in [-0.25, -0.2) is 9.98 Å². The lowest BCUT2D eigenvalue weighted by Crippen LogP contribution is -2.21. The van der Waals surface area contributed by atoms with Crippen molar-refractivity contribution in [3.8, 4) is 11.1 Å². The summed E-state index contributed by atoms with van der Waals surface area (Å²) >= 11 is 71.5. The van der Waals surface area contributed by atoms with E-state index in [1.165, 1.54) is 0 Å². The molecule has 0 saturated heterocycles. The van der Waals surface area contributed by atoms with Crippen LogP contribution in [0.25, 0.3) is 45.0 Å². The zero-order valence-corrected chi connectivity index (χ0v) is 43.2. The summed E-state index contributed by atoms with van der Waals surface area (Å²) in [6.45, 7) is 0. The number of allylic oxidation sites excluding steroid dienone is 4. The Bertz CT molecular complexity index is 3970. The Morgan fingerprint density at radius 3 is 1.41 bits per heavy atom. The van der Waals surface area contributed by atoms with Crippen molar-refractivity contribution in [3.05, 3.63) is 233 Å². The molecule has 8 aromatic rings. The van der Waals surface area contributed by atoms with E-state index in [1.54, 1.807) is 36.4 Å². The van der Waals surface area contributed by atoms with Crippen LogP contribution in [0.3, 0.4) is 0 Å². The minimum Gasteiger partial charge on any atom is -0.354 e. The smallest absolute Gasteiger partial charge is 0.0978 e. The van der Waals surface area contributed by atoms with Gasteiger partial charge in [0.15, 0.2) is 0 Å². The number of nitrogens with one attached hydrogen (secondary N) is 1. The Kier molecular flexibility index (Phi) is 11.8. The first-order chi connectivity index (χ1) is 33.9. The second kappa shape index (κ2) is 17.9. The summed E-state index contributed by atoms with van der Waals surface area (Å²) in [5.74, 6) is 0. The Morgan fingerprint density at radius 2 is 0.871 bits per heavy atom. The van der Waals surface area contributed by atoms with Crippen molar-refractivity contribution in [1.29, 1.82) is 0 Å². The maximum atomic E-state index is 7.23. The van der Waals surface area contributed by atoms with E-state index < -0.39 is 0 Å². The lowest BCUT2D eigenvalue weighted by atomic mass is 9.97. The zero-order chi connectivity index (χ0) is 48.3. The zero-order valence-electron chi connectivity index (χ0n) is 35.7. The molecule has 0 unspecified atom stereocenters. The van der Waals surface area contributed by atoms with E-state index >= 15 is 0 Å². The first-order valence-corrected chi connectivity index (χ1v) is 25.4. The number of halogens is 10. The Labute approximate surface area is 450 Å². The standard InChI is InChI=1S/C55H27Cl10N5/c56-25-6-1-7-26(57)45(25)50-35-16-17-36(66-35)51(46-27(58)8-2-9-28(46)59)38-20-21-40(68-38)53(48-31(62)12-4-13-32(48)63)42-22-23-43-54(49-33(64)14-5-15-34(49)65)55-44(70(42)43)24-41(69-55)52(39-19-18-37(50)67-39)47-29(60)10-3-11-30(47)61/h1-19,22-24,66H,20-21H2. The Hall–Kier alpha value is -4.99. The highest BCUT2D eigenvalue weighted by Gasteiger charge is 2.33. The molecular weight excluding hydrogens is 1090 g/mol. The molecule has 12 rings (SSSR count). The van der Waals surface area contributed by atoms with E-state index in [9.17, 15) is 0 Å². The fraction of sp³-hybridized carbons (Fsp3) is 0.0364. The van der Waals surface area contributed by atoms with Crippen molar-refractivity contribution < 1.29 is 0 Å².